The van der Waals surface area contributed by atoms with Crippen molar-refractivity contribution in [1.29, 1.82) is 0 Å². The number of hydrogen-bond acceptors (Lipinski definition) is 2. The second-order valence-electron chi connectivity index (χ2n) is 3.07. The summed E-state index contributed by atoms with van der Waals surface area (Å²) < 4.78 is 2.94. The highest BCUT2D eigenvalue weighted by molar-refractivity contribution is 14.1. The van der Waals surface area contributed by atoms with Gasteiger partial charge in [0.15, 0.2) is 0 Å². The van der Waals surface area contributed by atoms with E-state index in [1.807, 2.05) is 30.3 Å². The van der Waals surface area contributed by atoms with Crippen LogP contribution in [0.1, 0.15) is 15.2 Å². The molecule has 0 fully saturated rings. The van der Waals surface area contributed by atoms with Gasteiger partial charge in [0, 0.05) is 13.6 Å². The molecule has 0 spiro atoms. The Hall–Kier alpha value is 0.280. The average molecular weight is 472 g/mol. The first-order chi connectivity index (χ1) is 7.58. The molecule has 5 heteroatoms. The number of ketones is 1. The van der Waals surface area contributed by atoms with Crippen molar-refractivity contribution in [2.45, 2.75) is 0 Å². The van der Waals surface area contributed by atoms with Crippen molar-refractivity contribution in [1.82, 2.24) is 0 Å². The van der Waals surface area contributed by atoms with Crippen molar-refractivity contribution in [3.8, 4) is 0 Å². The summed E-state index contributed by atoms with van der Waals surface area (Å²) in [6, 6.07) is 9.44. The molecule has 0 amide bonds. The van der Waals surface area contributed by atoms with Crippen LogP contribution in [0.5, 0.6) is 0 Å². The maximum atomic E-state index is 12.1. The molecule has 82 valence electrons. The molecule has 0 atom stereocenters. The third-order valence-electron chi connectivity index (χ3n) is 1.96. The van der Waals surface area contributed by atoms with Gasteiger partial charge in [-0.15, -0.1) is 11.3 Å². The highest BCUT2D eigenvalue weighted by atomic mass is 127. The van der Waals surface area contributed by atoms with Crippen molar-refractivity contribution in [2.75, 3.05) is 0 Å². The molecular formula is C11H5Br2IOS. The van der Waals surface area contributed by atoms with Crippen molar-refractivity contribution < 1.29 is 4.79 Å². The molecule has 16 heavy (non-hydrogen) atoms. The summed E-state index contributed by atoms with van der Waals surface area (Å²) in [5, 5.41) is 0. The highest BCUT2D eigenvalue weighted by Gasteiger charge is 2.14. The molecule has 0 unspecified atom stereocenters. The lowest BCUT2D eigenvalue weighted by Gasteiger charge is -1.98. The number of hydrogen-bond donors (Lipinski definition) is 0. The molecule has 1 aromatic carbocycles. The van der Waals surface area contributed by atoms with Gasteiger partial charge in [-0.2, -0.15) is 0 Å². The predicted molar refractivity (Wildman–Crippen MR) is 82.3 cm³/mol. The van der Waals surface area contributed by atoms with Gasteiger partial charge in [-0.05, 0) is 72.6 Å². The molecule has 1 aromatic heterocycles. The van der Waals surface area contributed by atoms with Crippen LogP contribution in [0.3, 0.4) is 0 Å². The molecule has 1 nitrogen and oxygen atoms in total. The first-order valence-electron chi connectivity index (χ1n) is 4.33. The van der Waals surface area contributed by atoms with Gasteiger partial charge < -0.3 is 0 Å². The van der Waals surface area contributed by atoms with Crippen molar-refractivity contribution in [2.24, 2.45) is 0 Å². The topological polar surface area (TPSA) is 17.1 Å². The van der Waals surface area contributed by atoms with Crippen LogP contribution >= 0.6 is 65.8 Å². The Bertz CT molecular complexity index is 531. The summed E-state index contributed by atoms with van der Waals surface area (Å²) in [5.41, 5.74) is 0.730. The third-order valence-corrected chi connectivity index (χ3v) is 5.88. The van der Waals surface area contributed by atoms with Crippen LogP contribution < -0.4 is 0 Å². The summed E-state index contributed by atoms with van der Waals surface area (Å²) in [7, 11) is 0. The lowest BCUT2D eigenvalue weighted by molar-refractivity contribution is 0.104. The minimum Gasteiger partial charge on any atom is -0.288 e. The van der Waals surface area contributed by atoms with Gasteiger partial charge in [-0.3, -0.25) is 4.79 Å². The molecule has 0 saturated carbocycles. The molecule has 0 aliphatic carbocycles. The Morgan fingerprint density at radius 2 is 2.00 bits per heavy atom. The standard InChI is InChI=1S/C11H5Br2IOS/c12-8-5-9(16-11(8)13)10(15)6-2-1-3-7(14)4-6/h1-5H. The summed E-state index contributed by atoms with van der Waals surface area (Å²) in [6.07, 6.45) is 0. The van der Waals surface area contributed by atoms with Crippen molar-refractivity contribution in [3.63, 3.8) is 0 Å². The molecule has 0 N–H and O–H groups in total. The van der Waals surface area contributed by atoms with E-state index in [-0.39, 0.29) is 5.78 Å². The summed E-state index contributed by atoms with van der Waals surface area (Å²) >= 11 is 10.4. The first kappa shape index (κ1) is 12.7. The van der Waals surface area contributed by atoms with Crippen molar-refractivity contribution >= 4 is 71.6 Å². The van der Waals surface area contributed by atoms with Gasteiger partial charge in [0.25, 0.3) is 0 Å². The van der Waals surface area contributed by atoms with E-state index in [0.29, 0.717) is 0 Å². The molecule has 0 saturated heterocycles. The second kappa shape index (κ2) is 5.29. The largest absolute Gasteiger partial charge is 0.288 e. The average Bonchev–Trinajstić information content (AvgIpc) is 2.58. The van der Waals surface area contributed by atoms with Crippen LogP contribution in [0.2, 0.25) is 0 Å². The number of thiophene rings is 1. The maximum Gasteiger partial charge on any atom is 0.203 e. The summed E-state index contributed by atoms with van der Waals surface area (Å²) in [6.45, 7) is 0. The molecule has 2 rings (SSSR count). The van der Waals surface area contributed by atoms with Crippen LogP contribution in [0.4, 0.5) is 0 Å². The van der Waals surface area contributed by atoms with Gasteiger partial charge in [0.05, 0.1) is 8.66 Å². The van der Waals surface area contributed by atoms with E-state index < -0.39 is 0 Å². The Labute approximate surface area is 128 Å². The van der Waals surface area contributed by atoms with Crippen LogP contribution in [0, 0.1) is 3.57 Å². The third kappa shape index (κ3) is 2.75. The second-order valence-corrected chi connectivity index (χ2v) is 7.54. The van der Waals surface area contributed by atoms with Gasteiger partial charge in [-0.25, -0.2) is 0 Å². The summed E-state index contributed by atoms with van der Waals surface area (Å²) in [4.78, 5) is 12.9. The van der Waals surface area contributed by atoms with E-state index in [2.05, 4.69) is 54.5 Å². The van der Waals surface area contributed by atoms with E-state index in [9.17, 15) is 4.79 Å². The Kier molecular flexibility index (Phi) is 4.21. The minimum atomic E-state index is 0.0647. The van der Waals surface area contributed by atoms with Crippen LogP contribution in [0.15, 0.2) is 38.6 Å². The molecule has 0 radical (unpaired) electrons. The zero-order valence-electron chi connectivity index (χ0n) is 7.84. The van der Waals surface area contributed by atoms with E-state index >= 15 is 0 Å². The predicted octanol–water partition coefficient (Wildman–Crippen LogP) is 5.11. The monoisotopic (exact) mass is 470 g/mol. The van der Waals surface area contributed by atoms with E-state index in [4.69, 9.17) is 0 Å². The molecule has 1 heterocycles. The van der Waals surface area contributed by atoms with Gasteiger partial charge in [0.2, 0.25) is 5.78 Å². The normalized spacial score (nSPS) is 10.4. The summed E-state index contributed by atoms with van der Waals surface area (Å²) in [5.74, 6) is 0.0647. The van der Waals surface area contributed by atoms with Crippen molar-refractivity contribution in [3.05, 3.63) is 52.6 Å². The van der Waals surface area contributed by atoms with Gasteiger partial charge >= 0.3 is 0 Å². The van der Waals surface area contributed by atoms with Crippen LogP contribution in [0.25, 0.3) is 0 Å². The fourth-order valence-electron chi connectivity index (χ4n) is 1.23. The SMILES string of the molecule is O=C(c1cccc(I)c1)c1cc(Br)c(Br)s1. The Morgan fingerprint density at radius 3 is 2.56 bits per heavy atom. The molecule has 0 aliphatic heterocycles. The van der Waals surface area contributed by atoms with E-state index in [0.717, 1.165) is 22.3 Å². The molecule has 0 aliphatic rings. The first-order valence-corrected chi connectivity index (χ1v) is 7.81. The maximum absolute atomic E-state index is 12.1. The minimum absolute atomic E-state index is 0.0647. The zero-order chi connectivity index (χ0) is 11.7. The molecular weight excluding hydrogens is 467 g/mol. The lowest BCUT2D eigenvalue weighted by atomic mass is 10.1. The van der Waals surface area contributed by atoms with E-state index in [1.165, 1.54) is 11.3 Å². The zero-order valence-corrected chi connectivity index (χ0v) is 14.0. The Morgan fingerprint density at radius 1 is 1.25 bits per heavy atom. The smallest absolute Gasteiger partial charge is 0.203 e. The fourth-order valence-corrected chi connectivity index (χ4v) is 3.77. The van der Waals surface area contributed by atoms with E-state index in [1.54, 1.807) is 0 Å². The van der Waals surface area contributed by atoms with Gasteiger partial charge in [-0.1, -0.05) is 12.1 Å². The molecule has 2 aromatic rings. The number of halogens is 3. The van der Waals surface area contributed by atoms with Gasteiger partial charge in [0.1, 0.15) is 0 Å². The number of carbonyl (C=O) groups excluding carboxylic acids is 1. The quantitative estimate of drug-likeness (QED) is 0.439. The number of carbonyl (C=O) groups is 1. The Balaban J connectivity index is 2.39. The number of benzene rings is 1. The fraction of sp³-hybridized carbons (Fsp3) is 0. The van der Waals surface area contributed by atoms with Crippen LogP contribution in [-0.2, 0) is 0 Å². The highest BCUT2D eigenvalue weighted by Crippen LogP contribution is 2.33. The lowest BCUT2D eigenvalue weighted by Crippen LogP contribution is -1.98. The molecule has 0 bridgehead atoms. The number of rotatable bonds is 2. The van der Waals surface area contributed by atoms with Crippen LogP contribution in [-0.4, -0.2) is 5.78 Å².